The van der Waals surface area contributed by atoms with Crippen LogP contribution in [0, 0.1) is 12.8 Å². The number of amides is 1. The normalized spacial score (nSPS) is 18.4. The van der Waals surface area contributed by atoms with E-state index in [0.717, 1.165) is 28.6 Å². The number of hydrogen-bond donors (Lipinski definition) is 1. The predicted octanol–water partition coefficient (Wildman–Crippen LogP) is 4.05. The summed E-state index contributed by atoms with van der Waals surface area (Å²) in [5, 5.41) is 2.94. The van der Waals surface area contributed by atoms with Gasteiger partial charge >= 0.3 is 0 Å². The van der Waals surface area contributed by atoms with Crippen LogP contribution in [0.3, 0.4) is 0 Å². The number of anilines is 1. The lowest BCUT2D eigenvalue weighted by atomic mass is 10.0. The van der Waals surface area contributed by atoms with E-state index in [1.54, 1.807) is 0 Å². The first kappa shape index (κ1) is 12.4. The van der Waals surface area contributed by atoms with Crippen molar-refractivity contribution in [3.63, 3.8) is 0 Å². The molecule has 0 fully saturated rings. The molecule has 0 radical (unpaired) electrons. The zero-order chi connectivity index (χ0) is 12.3. The molecule has 0 aromatic heterocycles. The molecule has 0 spiro atoms. The molecule has 0 saturated carbocycles. The van der Waals surface area contributed by atoms with Gasteiger partial charge in [0, 0.05) is 16.6 Å². The Kier molecular flexibility index (Phi) is 4.00. The van der Waals surface area contributed by atoms with Gasteiger partial charge in [-0.3, -0.25) is 4.79 Å². The van der Waals surface area contributed by atoms with E-state index < -0.39 is 0 Å². The van der Waals surface area contributed by atoms with Crippen molar-refractivity contribution in [2.24, 2.45) is 5.92 Å². The van der Waals surface area contributed by atoms with Crippen molar-refractivity contribution in [2.75, 3.05) is 5.32 Å². The maximum absolute atomic E-state index is 11.8. The SMILES string of the molecule is Cc1cc(NC(=O)C[C@H]2C=CCC2)ccc1Br. The smallest absolute Gasteiger partial charge is 0.224 e. The Bertz CT molecular complexity index is 454. The Morgan fingerprint density at radius 1 is 1.53 bits per heavy atom. The van der Waals surface area contributed by atoms with Crippen LogP contribution in [0.4, 0.5) is 5.69 Å². The predicted molar refractivity (Wildman–Crippen MR) is 74.0 cm³/mol. The van der Waals surface area contributed by atoms with E-state index in [9.17, 15) is 4.79 Å². The molecular weight excluding hydrogens is 278 g/mol. The third-order valence-electron chi connectivity index (χ3n) is 3.00. The van der Waals surface area contributed by atoms with Gasteiger partial charge in [-0.1, -0.05) is 28.1 Å². The molecule has 1 N–H and O–H groups in total. The summed E-state index contributed by atoms with van der Waals surface area (Å²) in [5.41, 5.74) is 2.00. The fourth-order valence-electron chi connectivity index (χ4n) is 2.04. The maximum Gasteiger partial charge on any atom is 0.224 e. The minimum absolute atomic E-state index is 0.100. The van der Waals surface area contributed by atoms with Crippen LogP contribution in [-0.2, 0) is 4.79 Å². The second-order valence-electron chi connectivity index (χ2n) is 4.48. The number of nitrogens with one attached hydrogen (secondary N) is 1. The lowest BCUT2D eigenvalue weighted by Crippen LogP contribution is -2.14. The van der Waals surface area contributed by atoms with E-state index >= 15 is 0 Å². The standard InChI is InChI=1S/C14H16BrNO/c1-10-8-12(6-7-13(10)15)16-14(17)9-11-4-2-3-5-11/h2,4,6-8,11H,3,5,9H2,1H3,(H,16,17)/t11-/m0/s1. The van der Waals surface area contributed by atoms with Crippen molar-refractivity contribution in [3.8, 4) is 0 Å². The summed E-state index contributed by atoms with van der Waals surface area (Å²) >= 11 is 3.44. The lowest BCUT2D eigenvalue weighted by molar-refractivity contribution is -0.116. The molecule has 0 unspecified atom stereocenters. The number of allylic oxidation sites excluding steroid dienone is 2. The first-order valence-electron chi connectivity index (χ1n) is 5.88. The number of aryl methyl sites for hydroxylation is 1. The highest BCUT2D eigenvalue weighted by molar-refractivity contribution is 9.10. The van der Waals surface area contributed by atoms with E-state index in [1.807, 2.05) is 25.1 Å². The molecule has 1 aromatic rings. The molecule has 2 nitrogen and oxygen atoms in total. The second-order valence-corrected chi connectivity index (χ2v) is 5.34. The minimum atomic E-state index is 0.100. The molecule has 0 aliphatic heterocycles. The highest BCUT2D eigenvalue weighted by Gasteiger charge is 2.14. The summed E-state index contributed by atoms with van der Waals surface area (Å²) in [6.45, 7) is 2.01. The molecule has 2 rings (SSSR count). The molecule has 90 valence electrons. The molecule has 0 heterocycles. The summed E-state index contributed by atoms with van der Waals surface area (Å²) in [4.78, 5) is 11.8. The third-order valence-corrected chi connectivity index (χ3v) is 3.89. The number of carbonyl (C=O) groups excluding carboxylic acids is 1. The van der Waals surface area contributed by atoms with Crippen LogP contribution in [0.25, 0.3) is 0 Å². The summed E-state index contributed by atoms with van der Waals surface area (Å²) in [5.74, 6) is 0.523. The van der Waals surface area contributed by atoms with Gasteiger partial charge < -0.3 is 5.32 Å². The van der Waals surface area contributed by atoms with E-state index in [2.05, 4.69) is 33.4 Å². The average Bonchev–Trinajstić information content (AvgIpc) is 2.76. The fourth-order valence-corrected chi connectivity index (χ4v) is 2.28. The van der Waals surface area contributed by atoms with Gasteiger partial charge in [-0.25, -0.2) is 0 Å². The molecule has 1 aromatic carbocycles. The molecule has 1 atom stereocenters. The first-order valence-corrected chi connectivity index (χ1v) is 6.67. The molecule has 1 amide bonds. The van der Waals surface area contributed by atoms with Gasteiger partial charge in [0.2, 0.25) is 5.91 Å². The van der Waals surface area contributed by atoms with Gasteiger partial charge in [-0.15, -0.1) is 0 Å². The quantitative estimate of drug-likeness (QED) is 0.837. The molecule has 1 aliphatic carbocycles. The summed E-state index contributed by atoms with van der Waals surface area (Å²) < 4.78 is 1.06. The van der Waals surface area contributed by atoms with Crippen molar-refractivity contribution in [1.82, 2.24) is 0 Å². The summed E-state index contributed by atoms with van der Waals surface area (Å²) in [7, 11) is 0. The number of rotatable bonds is 3. The van der Waals surface area contributed by atoms with Crippen molar-refractivity contribution in [2.45, 2.75) is 26.2 Å². The highest BCUT2D eigenvalue weighted by Crippen LogP contribution is 2.23. The van der Waals surface area contributed by atoms with Gasteiger partial charge in [0.1, 0.15) is 0 Å². The van der Waals surface area contributed by atoms with Crippen LogP contribution in [0.5, 0.6) is 0 Å². The molecular formula is C14H16BrNO. The van der Waals surface area contributed by atoms with Gasteiger partial charge in [0.25, 0.3) is 0 Å². The van der Waals surface area contributed by atoms with Crippen LogP contribution < -0.4 is 5.32 Å². The molecule has 1 aliphatic rings. The molecule has 3 heteroatoms. The van der Waals surface area contributed by atoms with Crippen molar-refractivity contribution in [3.05, 3.63) is 40.4 Å². The van der Waals surface area contributed by atoms with Gasteiger partial charge in [-0.2, -0.15) is 0 Å². The molecule has 17 heavy (non-hydrogen) atoms. The van der Waals surface area contributed by atoms with Crippen molar-refractivity contribution in [1.29, 1.82) is 0 Å². The topological polar surface area (TPSA) is 29.1 Å². The number of hydrogen-bond acceptors (Lipinski definition) is 1. The van der Waals surface area contributed by atoms with Crippen molar-refractivity contribution >= 4 is 27.5 Å². The van der Waals surface area contributed by atoms with E-state index in [4.69, 9.17) is 0 Å². The second kappa shape index (κ2) is 5.50. The molecule has 0 bridgehead atoms. The first-order chi connectivity index (χ1) is 8.15. The number of benzene rings is 1. The zero-order valence-electron chi connectivity index (χ0n) is 9.87. The zero-order valence-corrected chi connectivity index (χ0v) is 11.5. The monoisotopic (exact) mass is 293 g/mol. The number of halogens is 1. The van der Waals surface area contributed by atoms with Crippen LogP contribution in [-0.4, -0.2) is 5.91 Å². The Morgan fingerprint density at radius 2 is 2.35 bits per heavy atom. The van der Waals surface area contributed by atoms with Crippen LogP contribution >= 0.6 is 15.9 Å². The Morgan fingerprint density at radius 3 is 3.00 bits per heavy atom. The molecule has 0 saturated heterocycles. The van der Waals surface area contributed by atoms with Crippen molar-refractivity contribution < 1.29 is 4.79 Å². The summed E-state index contributed by atoms with van der Waals surface area (Å²) in [6.07, 6.45) is 7.10. The Hall–Kier alpha value is -1.09. The Balaban J connectivity index is 1.93. The minimum Gasteiger partial charge on any atom is -0.326 e. The Labute approximate surface area is 110 Å². The lowest BCUT2D eigenvalue weighted by Gasteiger charge is -2.09. The highest BCUT2D eigenvalue weighted by atomic mass is 79.9. The largest absolute Gasteiger partial charge is 0.326 e. The average molecular weight is 294 g/mol. The third kappa shape index (κ3) is 3.43. The maximum atomic E-state index is 11.8. The fraction of sp³-hybridized carbons (Fsp3) is 0.357. The van der Waals surface area contributed by atoms with Gasteiger partial charge in [0.05, 0.1) is 0 Å². The van der Waals surface area contributed by atoms with E-state index in [-0.39, 0.29) is 5.91 Å². The van der Waals surface area contributed by atoms with E-state index in [0.29, 0.717) is 12.3 Å². The van der Waals surface area contributed by atoms with Crippen LogP contribution in [0.2, 0.25) is 0 Å². The van der Waals surface area contributed by atoms with Crippen LogP contribution in [0.15, 0.2) is 34.8 Å². The summed E-state index contributed by atoms with van der Waals surface area (Å²) in [6, 6.07) is 5.85. The van der Waals surface area contributed by atoms with Gasteiger partial charge in [0.15, 0.2) is 0 Å². The van der Waals surface area contributed by atoms with Crippen LogP contribution in [0.1, 0.15) is 24.8 Å². The van der Waals surface area contributed by atoms with E-state index in [1.165, 1.54) is 0 Å². The van der Waals surface area contributed by atoms with Gasteiger partial charge in [-0.05, 0) is 49.4 Å². The number of carbonyl (C=O) groups is 1.